The predicted octanol–water partition coefficient (Wildman–Crippen LogP) is 1.89. The highest BCUT2D eigenvalue weighted by Crippen LogP contribution is 2.18. The molecule has 0 saturated carbocycles. The van der Waals surface area contributed by atoms with Crippen LogP contribution in [0.3, 0.4) is 0 Å². The van der Waals surface area contributed by atoms with Crippen LogP contribution in [-0.4, -0.2) is 48.5 Å². The van der Waals surface area contributed by atoms with Crippen molar-refractivity contribution in [2.24, 2.45) is 12.0 Å². The Hall–Kier alpha value is -2.47. The molecule has 3 heterocycles. The number of guanidine groups is 1. The fourth-order valence-electron chi connectivity index (χ4n) is 2.84. The third-order valence-electron chi connectivity index (χ3n) is 4.57. The molecule has 1 unspecified atom stereocenters. The van der Waals surface area contributed by atoms with Crippen molar-refractivity contribution < 1.29 is 5.11 Å². The highest BCUT2D eigenvalue weighted by molar-refractivity contribution is 14.0. The Bertz CT molecular complexity index is 961. The van der Waals surface area contributed by atoms with Gasteiger partial charge in [-0.05, 0) is 32.4 Å². The average molecular weight is 524 g/mol. The van der Waals surface area contributed by atoms with Gasteiger partial charge in [-0.1, -0.05) is 6.07 Å². The minimum atomic E-state index is -1.06. The Morgan fingerprint density at radius 3 is 2.60 bits per heavy atom. The molecule has 0 radical (unpaired) electrons. The second kappa shape index (κ2) is 10.5. The standard InChI is InChI=1S/C20H28N8O.HI/c1-5-21-19(25-14-20(3,29)17-12-26-27(4)13-17)24-11-16-6-7-18(23-10-16)28-9-8-22-15(28)2;/h6-10,12-13,29H,5,11,14H2,1-4H3,(H2,21,24,25);1H. The number of nitrogens with one attached hydrogen (secondary N) is 2. The second-order valence-corrected chi connectivity index (χ2v) is 7.09. The molecule has 3 aromatic heterocycles. The van der Waals surface area contributed by atoms with Crippen LogP contribution in [0.25, 0.3) is 5.82 Å². The number of aliphatic hydroxyl groups is 1. The molecule has 0 amide bonds. The normalized spacial score (nSPS) is 13.4. The molecule has 0 aliphatic rings. The van der Waals surface area contributed by atoms with E-state index in [0.717, 1.165) is 29.3 Å². The zero-order valence-electron chi connectivity index (χ0n) is 17.7. The van der Waals surface area contributed by atoms with Crippen LogP contribution in [0.4, 0.5) is 0 Å². The number of aliphatic imine (C=N–C) groups is 1. The van der Waals surface area contributed by atoms with E-state index in [-0.39, 0.29) is 24.0 Å². The van der Waals surface area contributed by atoms with E-state index in [9.17, 15) is 5.11 Å². The van der Waals surface area contributed by atoms with Crippen LogP contribution in [0, 0.1) is 6.92 Å². The number of aryl methyl sites for hydroxylation is 2. The maximum absolute atomic E-state index is 10.7. The minimum Gasteiger partial charge on any atom is -0.383 e. The van der Waals surface area contributed by atoms with Crippen molar-refractivity contribution in [1.29, 1.82) is 0 Å². The molecule has 162 valence electrons. The molecule has 0 fully saturated rings. The van der Waals surface area contributed by atoms with Crippen molar-refractivity contribution in [3.05, 3.63) is 60.1 Å². The van der Waals surface area contributed by atoms with Gasteiger partial charge in [0.1, 0.15) is 17.2 Å². The van der Waals surface area contributed by atoms with Crippen molar-refractivity contribution in [2.45, 2.75) is 32.9 Å². The Labute approximate surface area is 193 Å². The monoisotopic (exact) mass is 524 g/mol. The van der Waals surface area contributed by atoms with Crippen LogP contribution in [0.2, 0.25) is 0 Å². The number of hydrogen-bond acceptors (Lipinski definition) is 5. The summed E-state index contributed by atoms with van der Waals surface area (Å²) >= 11 is 0. The molecule has 0 bridgehead atoms. The van der Waals surface area contributed by atoms with Gasteiger partial charge in [0.2, 0.25) is 0 Å². The summed E-state index contributed by atoms with van der Waals surface area (Å²) in [7, 11) is 1.83. The summed E-state index contributed by atoms with van der Waals surface area (Å²) in [6.45, 7) is 7.19. The first-order chi connectivity index (χ1) is 13.9. The number of nitrogens with zero attached hydrogens (tertiary/aromatic N) is 6. The van der Waals surface area contributed by atoms with E-state index in [0.29, 0.717) is 19.0 Å². The van der Waals surface area contributed by atoms with E-state index < -0.39 is 5.60 Å². The lowest BCUT2D eigenvalue weighted by molar-refractivity contribution is 0.0616. The van der Waals surface area contributed by atoms with Crippen molar-refractivity contribution in [3.63, 3.8) is 0 Å². The van der Waals surface area contributed by atoms with Crippen molar-refractivity contribution in [3.8, 4) is 5.82 Å². The number of rotatable bonds is 7. The number of halogens is 1. The lowest BCUT2D eigenvalue weighted by atomic mass is 10.00. The third-order valence-corrected chi connectivity index (χ3v) is 4.57. The molecular weight excluding hydrogens is 495 g/mol. The second-order valence-electron chi connectivity index (χ2n) is 7.09. The third kappa shape index (κ3) is 6.02. The molecular formula is C20H29IN8O. The van der Waals surface area contributed by atoms with E-state index in [1.807, 2.05) is 50.0 Å². The van der Waals surface area contributed by atoms with Crippen LogP contribution in [-0.2, 0) is 19.2 Å². The molecule has 9 nitrogen and oxygen atoms in total. The molecule has 3 N–H and O–H groups in total. The summed E-state index contributed by atoms with van der Waals surface area (Å²) in [5.74, 6) is 2.35. The Morgan fingerprint density at radius 1 is 1.23 bits per heavy atom. The number of imidazole rings is 1. The average Bonchev–Trinajstić information content (AvgIpc) is 3.33. The van der Waals surface area contributed by atoms with Gasteiger partial charge in [-0.2, -0.15) is 5.10 Å². The van der Waals surface area contributed by atoms with E-state index in [1.54, 1.807) is 30.2 Å². The minimum absolute atomic E-state index is 0. The van der Waals surface area contributed by atoms with Crippen LogP contribution < -0.4 is 10.6 Å². The summed E-state index contributed by atoms with van der Waals surface area (Å²) in [5, 5.41) is 21.2. The van der Waals surface area contributed by atoms with Crippen LogP contribution in [0.1, 0.15) is 30.8 Å². The van der Waals surface area contributed by atoms with Crippen molar-refractivity contribution >= 4 is 29.9 Å². The zero-order valence-corrected chi connectivity index (χ0v) is 20.0. The first-order valence-electron chi connectivity index (χ1n) is 9.58. The molecule has 0 saturated heterocycles. The van der Waals surface area contributed by atoms with Gasteiger partial charge < -0.3 is 15.7 Å². The maximum atomic E-state index is 10.7. The highest BCUT2D eigenvalue weighted by atomic mass is 127. The molecule has 0 aliphatic heterocycles. The van der Waals surface area contributed by atoms with Crippen molar-refractivity contribution in [2.75, 3.05) is 13.1 Å². The lowest BCUT2D eigenvalue weighted by Gasteiger charge is -2.23. The molecule has 0 aromatic carbocycles. The first kappa shape index (κ1) is 23.8. The Morgan fingerprint density at radius 2 is 2.03 bits per heavy atom. The van der Waals surface area contributed by atoms with Crippen LogP contribution in [0.15, 0.2) is 48.1 Å². The zero-order chi connectivity index (χ0) is 20.9. The molecule has 0 spiro atoms. The summed E-state index contributed by atoms with van der Waals surface area (Å²) in [6.07, 6.45) is 8.93. The fourth-order valence-corrected chi connectivity index (χ4v) is 2.84. The maximum Gasteiger partial charge on any atom is 0.191 e. The molecule has 30 heavy (non-hydrogen) atoms. The van der Waals surface area contributed by atoms with Gasteiger partial charge in [-0.3, -0.25) is 9.25 Å². The quantitative estimate of drug-likeness (QED) is 0.248. The lowest BCUT2D eigenvalue weighted by Crippen LogP contribution is -2.44. The number of aromatic nitrogens is 5. The molecule has 3 rings (SSSR count). The van der Waals surface area contributed by atoms with Gasteiger partial charge in [-0.25, -0.2) is 15.0 Å². The van der Waals surface area contributed by atoms with E-state index >= 15 is 0 Å². The summed E-state index contributed by atoms with van der Waals surface area (Å²) in [5.41, 5.74) is 0.678. The predicted molar refractivity (Wildman–Crippen MR) is 127 cm³/mol. The SMILES string of the molecule is CCNC(=NCc1ccc(-n2ccnc2C)nc1)NCC(C)(O)c1cnn(C)c1.I. The fraction of sp³-hybridized carbons (Fsp3) is 0.400. The molecule has 0 aliphatic carbocycles. The highest BCUT2D eigenvalue weighted by Gasteiger charge is 2.24. The van der Waals surface area contributed by atoms with Gasteiger partial charge in [0, 0.05) is 43.9 Å². The Balaban J connectivity index is 0.00000320. The van der Waals surface area contributed by atoms with Crippen molar-refractivity contribution in [1.82, 2.24) is 34.9 Å². The van der Waals surface area contributed by atoms with Gasteiger partial charge >= 0.3 is 0 Å². The molecule has 3 aromatic rings. The largest absolute Gasteiger partial charge is 0.383 e. The summed E-state index contributed by atoms with van der Waals surface area (Å²) in [6, 6.07) is 3.95. The summed E-state index contributed by atoms with van der Waals surface area (Å²) < 4.78 is 3.60. The van der Waals surface area contributed by atoms with E-state index in [1.165, 1.54) is 0 Å². The topological polar surface area (TPSA) is 105 Å². The first-order valence-corrected chi connectivity index (χ1v) is 9.58. The van der Waals surface area contributed by atoms with Gasteiger partial charge in [0.05, 0.1) is 19.3 Å². The van der Waals surface area contributed by atoms with Gasteiger partial charge in [0.15, 0.2) is 5.96 Å². The summed E-state index contributed by atoms with van der Waals surface area (Å²) in [4.78, 5) is 13.3. The van der Waals surface area contributed by atoms with Crippen LogP contribution in [0.5, 0.6) is 0 Å². The number of pyridine rings is 1. The van der Waals surface area contributed by atoms with E-state index in [2.05, 4.69) is 30.7 Å². The van der Waals surface area contributed by atoms with E-state index in [4.69, 9.17) is 0 Å². The smallest absolute Gasteiger partial charge is 0.191 e. The molecule has 10 heteroatoms. The van der Waals surface area contributed by atoms with Gasteiger partial charge in [0.25, 0.3) is 0 Å². The molecule has 1 atom stereocenters. The Kier molecular flexibility index (Phi) is 8.35. The van der Waals surface area contributed by atoms with Crippen LogP contribution >= 0.6 is 24.0 Å². The number of hydrogen-bond donors (Lipinski definition) is 3. The van der Waals surface area contributed by atoms with Gasteiger partial charge in [-0.15, -0.1) is 24.0 Å².